The molecule has 28 heavy (non-hydrogen) atoms. The summed E-state index contributed by atoms with van der Waals surface area (Å²) in [6.45, 7) is -2.45. The van der Waals surface area contributed by atoms with Gasteiger partial charge >= 0.3 is 6.18 Å². The van der Waals surface area contributed by atoms with Crippen molar-refractivity contribution in [3.05, 3.63) is 36.5 Å². The van der Waals surface area contributed by atoms with Crippen molar-refractivity contribution in [3.8, 4) is 11.4 Å². The highest BCUT2D eigenvalue weighted by atomic mass is 19.4. The Morgan fingerprint density at radius 1 is 1.29 bits per heavy atom. The number of hydrogen-bond acceptors (Lipinski definition) is 6. The number of aliphatic hydroxyl groups excluding tert-OH is 1. The molecule has 3 aromatic rings. The summed E-state index contributed by atoms with van der Waals surface area (Å²) in [5.74, 6) is -2.43. The van der Waals surface area contributed by atoms with Crippen LogP contribution in [-0.4, -0.2) is 56.3 Å². The van der Waals surface area contributed by atoms with E-state index in [1.165, 1.54) is 6.20 Å². The van der Waals surface area contributed by atoms with Crippen molar-refractivity contribution >= 4 is 22.8 Å². The lowest BCUT2D eigenvalue weighted by Gasteiger charge is -2.18. The second-order valence-electron chi connectivity index (χ2n) is 5.70. The SMILES string of the molecule is O=C(NCC(F)(F)F)[C@H](CO)Nc1nc(-c2ccnc3[nH]ccc23)ncc1F. The van der Waals surface area contributed by atoms with Gasteiger partial charge in [0.1, 0.15) is 18.2 Å². The van der Waals surface area contributed by atoms with Gasteiger partial charge in [0.25, 0.3) is 0 Å². The van der Waals surface area contributed by atoms with E-state index in [9.17, 15) is 27.5 Å². The van der Waals surface area contributed by atoms with Crippen molar-refractivity contribution in [2.45, 2.75) is 12.2 Å². The molecule has 148 valence electrons. The quantitative estimate of drug-likeness (QED) is 0.469. The van der Waals surface area contributed by atoms with E-state index in [0.717, 1.165) is 6.20 Å². The Morgan fingerprint density at radius 3 is 2.79 bits per heavy atom. The lowest BCUT2D eigenvalue weighted by Crippen LogP contribution is -2.45. The van der Waals surface area contributed by atoms with Crippen molar-refractivity contribution in [1.82, 2.24) is 25.3 Å². The number of carbonyl (C=O) groups excluding carboxylic acids is 1. The normalized spacial score (nSPS) is 12.8. The number of halogens is 4. The van der Waals surface area contributed by atoms with E-state index in [2.05, 4.69) is 25.3 Å². The van der Waals surface area contributed by atoms with Gasteiger partial charge in [-0.25, -0.2) is 19.3 Å². The van der Waals surface area contributed by atoms with Crippen LogP contribution >= 0.6 is 0 Å². The lowest BCUT2D eigenvalue weighted by molar-refractivity contribution is -0.139. The maximum absolute atomic E-state index is 14.1. The molecule has 0 saturated carbocycles. The third-order valence-electron chi connectivity index (χ3n) is 3.72. The number of aromatic amines is 1. The van der Waals surface area contributed by atoms with Crippen LogP contribution in [-0.2, 0) is 4.79 Å². The number of anilines is 1. The molecule has 0 aromatic carbocycles. The fourth-order valence-electron chi connectivity index (χ4n) is 2.42. The van der Waals surface area contributed by atoms with Gasteiger partial charge in [0.2, 0.25) is 5.91 Å². The predicted molar refractivity (Wildman–Crippen MR) is 90.6 cm³/mol. The molecule has 1 atom stereocenters. The van der Waals surface area contributed by atoms with E-state index in [-0.39, 0.29) is 5.82 Å². The third kappa shape index (κ3) is 4.34. The van der Waals surface area contributed by atoms with Gasteiger partial charge in [0.05, 0.1) is 12.8 Å². The van der Waals surface area contributed by atoms with Crippen LogP contribution in [0.4, 0.5) is 23.4 Å². The number of rotatable bonds is 6. The van der Waals surface area contributed by atoms with Crippen LogP contribution in [0.15, 0.2) is 30.7 Å². The van der Waals surface area contributed by atoms with E-state index in [0.29, 0.717) is 16.6 Å². The second-order valence-corrected chi connectivity index (χ2v) is 5.70. The molecule has 4 N–H and O–H groups in total. The zero-order valence-electron chi connectivity index (χ0n) is 14.1. The van der Waals surface area contributed by atoms with Crippen LogP contribution in [0.3, 0.4) is 0 Å². The van der Waals surface area contributed by atoms with Crippen molar-refractivity contribution in [3.63, 3.8) is 0 Å². The summed E-state index contributed by atoms with van der Waals surface area (Å²) in [5.41, 5.74) is 1.08. The van der Waals surface area contributed by atoms with Gasteiger partial charge in [-0.05, 0) is 12.1 Å². The van der Waals surface area contributed by atoms with Crippen LogP contribution in [0, 0.1) is 5.82 Å². The Labute approximate surface area is 155 Å². The Hall–Kier alpha value is -3.28. The number of pyridine rings is 1. The monoisotopic (exact) mass is 398 g/mol. The Balaban J connectivity index is 1.85. The molecule has 0 radical (unpaired) electrons. The first-order chi connectivity index (χ1) is 13.3. The number of carbonyl (C=O) groups is 1. The van der Waals surface area contributed by atoms with Gasteiger partial charge in [0.15, 0.2) is 17.5 Å². The summed E-state index contributed by atoms with van der Waals surface area (Å²) >= 11 is 0. The maximum atomic E-state index is 14.1. The van der Waals surface area contributed by atoms with Gasteiger partial charge in [-0.2, -0.15) is 13.2 Å². The number of nitrogens with one attached hydrogen (secondary N) is 3. The molecule has 1 amide bonds. The molecule has 0 spiro atoms. The van der Waals surface area contributed by atoms with Crippen LogP contribution in [0.1, 0.15) is 0 Å². The fourth-order valence-corrected chi connectivity index (χ4v) is 2.42. The van der Waals surface area contributed by atoms with Crippen molar-refractivity contribution in [1.29, 1.82) is 0 Å². The second kappa shape index (κ2) is 7.76. The molecule has 0 bridgehead atoms. The highest BCUT2D eigenvalue weighted by Gasteiger charge is 2.30. The summed E-state index contributed by atoms with van der Waals surface area (Å²) in [6, 6.07) is 1.79. The average Bonchev–Trinajstić information content (AvgIpc) is 3.13. The molecule has 8 nitrogen and oxygen atoms in total. The number of nitrogens with zero attached hydrogens (tertiary/aromatic N) is 3. The topological polar surface area (TPSA) is 116 Å². The summed E-state index contributed by atoms with van der Waals surface area (Å²) in [6.07, 6.45) is -0.621. The number of alkyl halides is 3. The molecular formula is C16H14F4N6O2. The molecule has 0 aliphatic rings. The number of amides is 1. The standard InChI is InChI=1S/C16H14F4N6O2/c17-10-5-23-13(9-2-4-22-12-8(9)1-3-21-12)26-14(10)25-11(6-27)15(28)24-7-16(18,19)20/h1-5,11,27H,6-7H2,(H,21,22)(H,24,28)(H,23,25,26)/t11-/m0/s1. The van der Waals surface area contributed by atoms with Crippen molar-refractivity contribution < 1.29 is 27.5 Å². The molecule has 0 aliphatic carbocycles. The van der Waals surface area contributed by atoms with Crippen LogP contribution in [0.2, 0.25) is 0 Å². The van der Waals surface area contributed by atoms with Crippen molar-refractivity contribution in [2.24, 2.45) is 0 Å². The number of aromatic nitrogens is 4. The third-order valence-corrected chi connectivity index (χ3v) is 3.72. The largest absolute Gasteiger partial charge is 0.405 e. The van der Waals surface area contributed by atoms with Gasteiger partial charge in [-0.1, -0.05) is 0 Å². The summed E-state index contributed by atoms with van der Waals surface area (Å²) in [4.78, 5) is 26.7. The maximum Gasteiger partial charge on any atom is 0.405 e. The van der Waals surface area contributed by atoms with E-state index in [1.807, 2.05) is 0 Å². The Bertz CT molecular complexity index is 991. The molecule has 3 rings (SSSR count). The highest BCUT2D eigenvalue weighted by Crippen LogP contribution is 2.25. The minimum absolute atomic E-state index is 0.100. The first kappa shape index (κ1) is 19.5. The molecule has 12 heteroatoms. The number of H-pyrrole nitrogens is 1. The van der Waals surface area contributed by atoms with Crippen molar-refractivity contribution in [2.75, 3.05) is 18.5 Å². The summed E-state index contributed by atoms with van der Waals surface area (Å²) < 4.78 is 50.8. The van der Waals surface area contributed by atoms with E-state index < -0.39 is 42.9 Å². The minimum Gasteiger partial charge on any atom is -0.394 e. The van der Waals surface area contributed by atoms with Gasteiger partial charge < -0.3 is 20.7 Å². The van der Waals surface area contributed by atoms with Gasteiger partial charge in [0, 0.05) is 23.3 Å². The van der Waals surface area contributed by atoms with Gasteiger partial charge in [-0.3, -0.25) is 4.79 Å². The Morgan fingerprint density at radius 2 is 2.07 bits per heavy atom. The predicted octanol–water partition coefficient (Wildman–Crippen LogP) is 1.61. The van der Waals surface area contributed by atoms with Crippen LogP contribution < -0.4 is 10.6 Å². The minimum atomic E-state index is -4.62. The fraction of sp³-hybridized carbons (Fsp3) is 0.250. The molecule has 0 saturated heterocycles. The van der Waals surface area contributed by atoms with E-state index in [1.54, 1.807) is 23.6 Å². The number of aliphatic hydroxyl groups is 1. The zero-order valence-corrected chi connectivity index (χ0v) is 14.1. The molecule has 0 aliphatic heterocycles. The molecule has 3 aromatic heterocycles. The highest BCUT2D eigenvalue weighted by molar-refractivity contribution is 5.91. The molecule has 0 unspecified atom stereocenters. The number of fused-ring (bicyclic) bond motifs is 1. The first-order valence-corrected chi connectivity index (χ1v) is 7.95. The van der Waals surface area contributed by atoms with E-state index >= 15 is 0 Å². The van der Waals surface area contributed by atoms with Crippen LogP contribution in [0.25, 0.3) is 22.4 Å². The molecule has 0 fully saturated rings. The molecular weight excluding hydrogens is 384 g/mol. The smallest absolute Gasteiger partial charge is 0.394 e. The van der Waals surface area contributed by atoms with Crippen LogP contribution in [0.5, 0.6) is 0 Å². The first-order valence-electron chi connectivity index (χ1n) is 7.95. The number of hydrogen-bond donors (Lipinski definition) is 4. The van der Waals surface area contributed by atoms with E-state index in [4.69, 9.17) is 0 Å². The summed E-state index contributed by atoms with van der Waals surface area (Å²) in [7, 11) is 0. The Kier molecular flexibility index (Phi) is 5.40. The average molecular weight is 398 g/mol. The zero-order chi connectivity index (χ0) is 20.3. The lowest BCUT2D eigenvalue weighted by atomic mass is 10.2. The summed E-state index contributed by atoms with van der Waals surface area (Å²) in [5, 5.41) is 13.9. The molecule has 3 heterocycles. The van der Waals surface area contributed by atoms with Gasteiger partial charge in [-0.15, -0.1) is 0 Å².